The van der Waals surface area contributed by atoms with Crippen molar-refractivity contribution >= 4 is 23.6 Å². The van der Waals surface area contributed by atoms with Gasteiger partial charge in [0, 0.05) is 4.90 Å². The number of carbonyl (C=O) groups is 2. The largest absolute Gasteiger partial charge is 0.485 e. The molecule has 8 heteroatoms. The van der Waals surface area contributed by atoms with Gasteiger partial charge in [-0.05, 0) is 24.3 Å². The number of hydrogen-bond acceptors (Lipinski definition) is 5. The molecule has 2 N–H and O–H groups in total. The van der Waals surface area contributed by atoms with Crippen LogP contribution in [0.4, 0.5) is 4.39 Å². The molecule has 0 saturated carbocycles. The summed E-state index contributed by atoms with van der Waals surface area (Å²) in [4.78, 5) is 24.2. The molecule has 130 valence electrons. The van der Waals surface area contributed by atoms with Gasteiger partial charge >= 0.3 is 0 Å². The summed E-state index contributed by atoms with van der Waals surface area (Å²) in [6.07, 6.45) is -0.866. The molecule has 0 fully saturated rings. The van der Waals surface area contributed by atoms with Crippen LogP contribution in [-0.4, -0.2) is 30.3 Å². The summed E-state index contributed by atoms with van der Waals surface area (Å²) in [5.74, 6) is -0.382. The van der Waals surface area contributed by atoms with Crippen LogP contribution in [0.15, 0.2) is 53.4 Å². The van der Waals surface area contributed by atoms with Crippen molar-refractivity contribution < 1.29 is 23.5 Å². The van der Waals surface area contributed by atoms with Crippen molar-refractivity contribution in [3.05, 3.63) is 54.3 Å². The average molecular weight is 362 g/mol. The fourth-order valence-electron chi connectivity index (χ4n) is 2.10. The third-order valence-corrected chi connectivity index (χ3v) is 4.37. The molecule has 0 aliphatic carbocycles. The third kappa shape index (κ3) is 4.42. The summed E-state index contributed by atoms with van der Waals surface area (Å²) in [7, 11) is 0. The lowest BCUT2D eigenvalue weighted by Gasteiger charge is -2.25. The van der Waals surface area contributed by atoms with Crippen molar-refractivity contribution in [3.8, 4) is 11.5 Å². The number of rotatable bonds is 4. The van der Waals surface area contributed by atoms with Gasteiger partial charge in [-0.1, -0.05) is 24.3 Å². The van der Waals surface area contributed by atoms with Crippen LogP contribution in [0.1, 0.15) is 0 Å². The second-order valence-corrected chi connectivity index (χ2v) is 6.14. The summed E-state index contributed by atoms with van der Waals surface area (Å²) >= 11 is 1.04. The highest BCUT2D eigenvalue weighted by Crippen LogP contribution is 2.30. The lowest BCUT2D eigenvalue weighted by Crippen LogP contribution is -2.51. The predicted molar refractivity (Wildman–Crippen MR) is 89.8 cm³/mol. The fraction of sp³-hybridized carbons (Fsp3) is 0.176. The number of amides is 2. The number of para-hydroxylation sites is 2. The van der Waals surface area contributed by atoms with Gasteiger partial charge in [0.25, 0.3) is 5.91 Å². The topological polar surface area (TPSA) is 76.7 Å². The fourth-order valence-corrected chi connectivity index (χ4v) is 2.84. The molecule has 25 heavy (non-hydrogen) atoms. The average Bonchev–Trinajstić information content (AvgIpc) is 2.65. The first kappa shape index (κ1) is 17.1. The van der Waals surface area contributed by atoms with Crippen LogP contribution >= 0.6 is 11.8 Å². The number of benzene rings is 2. The summed E-state index contributed by atoms with van der Waals surface area (Å²) < 4.78 is 24.4. The SMILES string of the molecule is O=C(CSc1ccccc1F)NNC(=O)C1COc2ccccc2O1. The second-order valence-electron chi connectivity index (χ2n) is 5.12. The number of carbonyl (C=O) groups excluding carboxylic acids is 2. The van der Waals surface area contributed by atoms with E-state index in [0.29, 0.717) is 16.4 Å². The molecule has 2 amide bonds. The molecule has 1 atom stereocenters. The molecule has 1 aliphatic rings. The Kier molecular flexibility index (Phi) is 5.39. The number of halogens is 1. The van der Waals surface area contributed by atoms with E-state index in [1.54, 1.807) is 42.5 Å². The Bertz CT molecular complexity index is 787. The minimum Gasteiger partial charge on any atom is -0.485 e. The van der Waals surface area contributed by atoms with Crippen molar-refractivity contribution in [1.82, 2.24) is 10.9 Å². The first-order valence-electron chi connectivity index (χ1n) is 7.48. The standard InChI is InChI=1S/C17H15FN2O4S/c18-11-5-1-4-8-15(11)25-10-16(21)19-20-17(22)14-9-23-12-6-2-3-7-13(12)24-14/h1-8,14H,9-10H2,(H,19,21)(H,20,22). The van der Waals surface area contributed by atoms with Crippen molar-refractivity contribution in [2.45, 2.75) is 11.0 Å². The van der Waals surface area contributed by atoms with Crippen molar-refractivity contribution in [2.24, 2.45) is 0 Å². The quantitative estimate of drug-likeness (QED) is 0.642. The number of hydrogen-bond donors (Lipinski definition) is 2. The zero-order valence-electron chi connectivity index (χ0n) is 13.0. The highest BCUT2D eigenvalue weighted by Gasteiger charge is 2.27. The van der Waals surface area contributed by atoms with Crippen LogP contribution in [0, 0.1) is 5.82 Å². The van der Waals surface area contributed by atoms with Gasteiger partial charge in [-0.15, -0.1) is 11.8 Å². The van der Waals surface area contributed by atoms with Gasteiger partial charge in [-0.3, -0.25) is 20.4 Å². The predicted octanol–water partition coefficient (Wildman–Crippen LogP) is 1.91. The van der Waals surface area contributed by atoms with E-state index in [9.17, 15) is 14.0 Å². The molecule has 6 nitrogen and oxygen atoms in total. The summed E-state index contributed by atoms with van der Waals surface area (Å²) in [6.45, 7) is 0.0443. The van der Waals surface area contributed by atoms with Gasteiger partial charge in [0.1, 0.15) is 12.4 Å². The minimum absolute atomic E-state index is 0.0356. The lowest BCUT2D eigenvalue weighted by molar-refractivity contribution is -0.134. The normalized spacial score (nSPS) is 15.3. The Balaban J connectivity index is 1.45. The number of fused-ring (bicyclic) bond motifs is 1. The monoisotopic (exact) mass is 362 g/mol. The van der Waals surface area contributed by atoms with Crippen LogP contribution in [0.3, 0.4) is 0 Å². The molecule has 1 unspecified atom stereocenters. The second kappa shape index (κ2) is 7.89. The van der Waals surface area contributed by atoms with Gasteiger partial charge in [0.15, 0.2) is 11.5 Å². The summed E-state index contributed by atoms with van der Waals surface area (Å²) in [6, 6.07) is 13.2. The molecule has 0 saturated heterocycles. The van der Waals surface area contributed by atoms with Crippen LogP contribution in [0.25, 0.3) is 0 Å². The maximum Gasteiger partial charge on any atom is 0.283 e. The minimum atomic E-state index is -0.866. The van der Waals surface area contributed by atoms with E-state index >= 15 is 0 Å². The molecule has 1 aliphatic heterocycles. The number of nitrogens with one attached hydrogen (secondary N) is 2. The molecule has 0 spiro atoms. The Morgan fingerprint density at radius 2 is 1.80 bits per heavy atom. The van der Waals surface area contributed by atoms with Crippen molar-refractivity contribution in [2.75, 3.05) is 12.4 Å². The van der Waals surface area contributed by atoms with Crippen LogP contribution in [0.5, 0.6) is 11.5 Å². The smallest absolute Gasteiger partial charge is 0.283 e. The number of ether oxygens (including phenoxy) is 2. The summed E-state index contributed by atoms with van der Waals surface area (Å²) in [5, 5.41) is 0. The van der Waals surface area contributed by atoms with Gasteiger partial charge in [0.05, 0.1) is 5.75 Å². The zero-order valence-corrected chi connectivity index (χ0v) is 13.8. The molecule has 0 aromatic heterocycles. The van der Waals surface area contributed by atoms with Crippen molar-refractivity contribution in [1.29, 1.82) is 0 Å². The highest BCUT2D eigenvalue weighted by atomic mass is 32.2. The zero-order chi connectivity index (χ0) is 17.6. The summed E-state index contributed by atoms with van der Waals surface area (Å²) in [5.41, 5.74) is 4.56. The first-order chi connectivity index (χ1) is 12.1. The molecular weight excluding hydrogens is 347 g/mol. The Morgan fingerprint density at radius 1 is 1.08 bits per heavy atom. The van der Waals surface area contributed by atoms with E-state index in [2.05, 4.69) is 10.9 Å². The molecule has 3 rings (SSSR count). The molecule has 0 radical (unpaired) electrons. The Labute approximate surface area is 147 Å². The molecule has 1 heterocycles. The van der Waals surface area contributed by atoms with Crippen molar-refractivity contribution in [3.63, 3.8) is 0 Å². The van der Waals surface area contributed by atoms with E-state index in [1.165, 1.54) is 6.07 Å². The Hall–Kier alpha value is -2.74. The maximum absolute atomic E-state index is 13.5. The first-order valence-corrected chi connectivity index (χ1v) is 8.46. The lowest BCUT2D eigenvalue weighted by atomic mass is 10.2. The van der Waals surface area contributed by atoms with Crippen LogP contribution < -0.4 is 20.3 Å². The van der Waals surface area contributed by atoms with Crippen LogP contribution in [0.2, 0.25) is 0 Å². The third-order valence-electron chi connectivity index (χ3n) is 3.32. The maximum atomic E-state index is 13.5. The Morgan fingerprint density at radius 3 is 2.60 bits per heavy atom. The highest BCUT2D eigenvalue weighted by molar-refractivity contribution is 8.00. The molecule has 0 bridgehead atoms. The van der Waals surface area contributed by atoms with Crippen LogP contribution in [-0.2, 0) is 9.59 Å². The molecule has 2 aromatic rings. The molecular formula is C17H15FN2O4S. The van der Waals surface area contributed by atoms with E-state index in [4.69, 9.17) is 9.47 Å². The van der Waals surface area contributed by atoms with E-state index in [-0.39, 0.29) is 12.4 Å². The van der Waals surface area contributed by atoms with Gasteiger partial charge in [-0.2, -0.15) is 0 Å². The van der Waals surface area contributed by atoms with Gasteiger partial charge < -0.3 is 9.47 Å². The van der Waals surface area contributed by atoms with E-state index in [0.717, 1.165) is 11.8 Å². The number of thioether (sulfide) groups is 1. The van der Waals surface area contributed by atoms with Gasteiger partial charge in [0.2, 0.25) is 12.0 Å². The molecule has 2 aromatic carbocycles. The van der Waals surface area contributed by atoms with E-state index < -0.39 is 23.7 Å². The number of hydrazine groups is 1. The van der Waals surface area contributed by atoms with E-state index in [1.807, 2.05) is 0 Å². The van der Waals surface area contributed by atoms with Gasteiger partial charge in [-0.25, -0.2) is 4.39 Å².